The summed E-state index contributed by atoms with van der Waals surface area (Å²) in [4.78, 5) is 14.1. The minimum atomic E-state index is -0.0341. The Morgan fingerprint density at radius 2 is 2.09 bits per heavy atom. The van der Waals surface area contributed by atoms with Crippen molar-refractivity contribution < 1.29 is 9.53 Å². The van der Waals surface area contributed by atoms with Crippen LogP contribution in [0.25, 0.3) is 10.4 Å². The number of nitrogens with one attached hydrogen (secondary N) is 1. The smallest absolute Gasteiger partial charge is 0.261 e. The van der Waals surface area contributed by atoms with Crippen LogP contribution in [0, 0.1) is 0 Å². The Balaban J connectivity index is 1.67. The van der Waals surface area contributed by atoms with E-state index in [1.807, 2.05) is 43.3 Å². The van der Waals surface area contributed by atoms with E-state index >= 15 is 0 Å². The van der Waals surface area contributed by atoms with Gasteiger partial charge in [0.05, 0.1) is 17.0 Å². The Hall–Kier alpha value is -1.36. The molecule has 0 unspecified atom stereocenters. The summed E-state index contributed by atoms with van der Waals surface area (Å²) >= 11 is 7.39. The first-order valence-corrected chi connectivity index (χ1v) is 8.61. The number of halogens is 1. The van der Waals surface area contributed by atoms with Gasteiger partial charge >= 0.3 is 0 Å². The van der Waals surface area contributed by atoms with Gasteiger partial charge in [0.15, 0.2) is 0 Å². The van der Waals surface area contributed by atoms with Gasteiger partial charge in [0, 0.05) is 16.5 Å². The maximum atomic E-state index is 12.3. The summed E-state index contributed by atoms with van der Waals surface area (Å²) < 4.78 is 5.61. The molecular weight excluding hydrogens is 318 g/mol. The van der Waals surface area contributed by atoms with Crippen LogP contribution in [0.3, 0.4) is 0 Å². The molecule has 0 radical (unpaired) electrons. The Bertz CT molecular complexity index is 647. The fourth-order valence-corrected chi connectivity index (χ4v) is 3.64. The summed E-state index contributed by atoms with van der Waals surface area (Å²) in [6, 6.07) is 11.5. The van der Waals surface area contributed by atoms with E-state index in [1.54, 1.807) is 0 Å². The third-order valence-corrected chi connectivity index (χ3v) is 5.22. The van der Waals surface area contributed by atoms with Crippen LogP contribution >= 0.6 is 22.9 Å². The third kappa shape index (κ3) is 3.51. The highest BCUT2D eigenvalue weighted by molar-refractivity contribution is 7.17. The van der Waals surface area contributed by atoms with Crippen LogP contribution in [-0.2, 0) is 4.74 Å². The number of benzene rings is 1. The number of hydrogen-bond donors (Lipinski definition) is 1. The van der Waals surface area contributed by atoms with E-state index in [4.69, 9.17) is 16.3 Å². The summed E-state index contributed by atoms with van der Waals surface area (Å²) in [5, 5.41) is 3.75. The van der Waals surface area contributed by atoms with Crippen LogP contribution in [0.2, 0.25) is 5.02 Å². The summed E-state index contributed by atoms with van der Waals surface area (Å²) in [7, 11) is 0. The van der Waals surface area contributed by atoms with E-state index in [0.29, 0.717) is 5.02 Å². The number of carbonyl (C=O) groups excluding carboxylic acids is 1. The molecule has 2 aromatic rings. The van der Waals surface area contributed by atoms with Crippen LogP contribution < -0.4 is 5.32 Å². The molecule has 5 heteroatoms. The van der Waals surface area contributed by atoms with Gasteiger partial charge in [-0.2, -0.15) is 0 Å². The van der Waals surface area contributed by atoms with Crippen molar-refractivity contribution in [1.82, 2.24) is 5.32 Å². The monoisotopic (exact) mass is 335 g/mol. The Morgan fingerprint density at radius 1 is 1.32 bits per heavy atom. The molecule has 1 aromatic carbocycles. The van der Waals surface area contributed by atoms with Crippen molar-refractivity contribution in [3.8, 4) is 10.4 Å². The normalized spacial score (nSPS) is 19.1. The van der Waals surface area contributed by atoms with Crippen LogP contribution in [0.15, 0.2) is 36.4 Å². The predicted molar refractivity (Wildman–Crippen MR) is 90.7 cm³/mol. The maximum Gasteiger partial charge on any atom is 0.261 e. The van der Waals surface area contributed by atoms with E-state index in [2.05, 4.69) is 5.32 Å². The van der Waals surface area contributed by atoms with E-state index in [9.17, 15) is 4.79 Å². The molecular formula is C17H18ClNO2S. The zero-order chi connectivity index (χ0) is 15.5. The Morgan fingerprint density at radius 3 is 2.77 bits per heavy atom. The molecule has 0 saturated carbocycles. The van der Waals surface area contributed by atoms with Crippen molar-refractivity contribution in [2.75, 3.05) is 6.61 Å². The maximum absolute atomic E-state index is 12.3. The van der Waals surface area contributed by atoms with Gasteiger partial charge in [-0.1, -0.05) is 23.7 Å². The number of thiophene rings is 1. The second-order valence-electron chi connectivity index (χ2n) is 5.48. The molecule has 1 amide bonds. The lowest BCUT2D eigenvalue weighted by atomic mass is 10.1. The number of hydrogen-bond acceptors (Lipinski definition) is 3. The van der Waals surface area contributed by atoms with Gasteiger partial charge in [0.25, 0.3) is 5.91 Å². The van der Waals surface area contributed by atoms with E-state index in [1.165, 1.54) is 11.3 Å². The molecule has 0 aliphatic carbocycles. The Labute approximate surface area is 139 Å². The van der Waals surface area contributed by atoms with E-state index < -0.39 is 0 Å². The molecule has 22 heavy (non-hydrogen) atoms. The summed E-state index contributed by atoms with van der Waals surface area (Å²) in [5.74, 6) is -0.0341. The van der Waals surface area contributed by atoms with Gasteiger partial charge in [0.2, 0.25) is 0 Å². The van der Waals surface area contributed by atoms with Crippen LogP contribution in [-0.4, -0.2) is 24.7 Å². The second kappa shape index (κ2) is 6.82. The zero-order valence-electron chi connectivity index (χ0n) is 12.3. The highest BCUT2D eigenvalue weighted by Gasteiger charge is 2.24. The first kappa shape index (κ1) is 15.5. The van der Waals surface area contributed by atoms with Crippen molar-refractivity contribution >= 4 is 28.8 Å². The molecule has 3 rings (SSSR count). The molecule has 2 heterocycles. The lowest BCUT2D eigenvalue weighted by molar-refractivity contribution is 0.0714. The quantitative estimate of drug-likeness (QED) is 0.901. The van der Waals surface area contributed by atoms with Gasteiger partial charge in [-0.05, 0) is 49.6 Å². The largest absolute Gasteiger partial charge is 0.376 e. The number of ether oxygens (including phenoxy) is 1. The zero-order valence-corrected chi connectivity index (χ0v) is 13.9. The Kier molecular flexibility index (Phi) is 4.81. The van der Waals surface area contributed by atoms with Gasteiger partial charge < -0.3 is 10.1 Å². The molecule has 1 N–H and O–H groups in total. The molecule has 1 saturated heterocycles. The van der Waals surface area contributed by atoms with Gasteiger partial charge in [-0.15, -0.1) is 11.3 Å². The fourth-order valence-electron chi connectivity index (χ4n) is 2.60. The molecule has 0 bridgehead atoms. The van der Waals surface area contributed by atoms with Gasteiger partial charge in [-0.3, -0.25) is 4.79 Å². The first-order chi connectivity index (χ1) is 10.6. The lowest BCUT2D eigenvalue weighted by Gasteiger charge is -2.19. The van der Waals surface area contributed by atoms with Crippen molar-refractivity contribution in [3.63, 3.8) is 0 Å². The summed E-state index contributed by atoms with van der Waals surface area (Å²) in [5.41, 5.74) is 1.07. The minimum absolute atomic E-state index is 0.0341. The highest BCUT2D eigenvalue weighted by atomic mass is 35.5. The van der Waals surface area contributed by atoms with Crippen LogP contribution in [0.4, 0.5) is 0 Å². The molecule has 0 spiro atoms. The van der Waals surface area contributed by atoms with E-state index in [0.717, 1.165) is 34.8 Å². The molecule has 1 fully saturated rings. The lowest BCUT2D eigenvalue weighted by Crippen LogP contribution is -2.40. The van der Waals surface area contributed by atoms with Gasteiger partial charge in [-0.25, -0.2) is 0 Å². The van der Waals surface area contributed by atoms with Crippen molar-refractivity contribution in [3.05, 3.63) is 46.3 Å². The first-order valence-electron chi connectivity index (χ1n) is 7.42. The number of carbonyl (C=O) groups is 1. The third-order valence-electron chi connectivity index (χ3n) is 3.84. The average Bonchev–Trinajstić information content (AvgIpc) is 3.20. The van der Waals surface area contributed by atoms with Crippen molar-refractivity contribution in [1.29, 1.82) is 0 Å². The molecule has 116 valence electrons. The number of rotatable bonds is 4. The molecule has 1 aliphatic heterocycles. The molecule has 1 aromatic heterocycles. The fraction of sp³-hybridized carbons (Fsp3) is 0.353. The van der Waals surface area contributed by atoms with Crippen molar-refractivity contribution in [2.24, 2.45) is 0 Å². The minimum Gasteiger partial charge on any atom is -0.376 e. The topological polar surface area (TPSA) is 38.3 Å². The molecule has 3 nitrogen and oxygen atoms in total. The standard InChI is InChI=1S/C17H18ClNO2S/c1-11(14-3-2-10-21-14)19-17(20)16-9-8-15(22-16)12-4-6-13(18)7-5-12/h4-9,11,14H,2-3,10H2,1H3,(H,19,20)/t11-,14-/m0/s1. The SMILES string of the molecule is C[C@H](NC(=O)c1ccc(-c2ccc(Cl)cc2)s1)[C@@H]1CCCO1. The van der Waals surface area contributed by atoms with Crippen LogP contribution in [0.5, 0.6) is 0 Å². The van der Waals surface area contributed by atoms with E-state index in [-0.39, 0.29) is 18.1 Å². The highest BCUT2D eigenvalue weighted by Crippen LogP contribution is 2.29. The molecule has 1 aliphatic rings. The summed E-state index contributed by atoms with van der Waals surface area (Å²) in [6.45, 7) is 2.80. The average molecular weight is 336 g/mol. The number of amides is 1. The van der Waals surface area contributed by atoms with Gasteiger partial charge in [0.1, 0.15) is 0 Å². The molecule has 2 atom stereocenters. The van der Waals surface area contributed by atoms with Crippen LogP contribution in [0.1, 0.15) is 29.4 Å². The summed E-state index contributed by atoms with van der Waals surface area (Å²) in [6.07, 6.45) is 2.23. The van der Waals surface area contributed by atoms with Crippen molar-refractivity contribution in [2.45, 2.75) is 31.9 Å². The second-order valence-corrected chi connectivity index (χ2v) is 7.00. The predicted octanol–water partition coefficient (Wildman–Crippen LogP) is 4.37.